The first kappa shape index (κ1) is 15.5. The van der Waals surface area contributed by atoms with Crippen LogP contribution in [-0.2, 0) is 4.74 Å². The van der Waals surface area contributed by atoms with Gasteiger partial charge in [0.15, 0.2) is 0 Å². The fraction of sp³-hybridized carbons (Fsp3) is 0.667. The first-order valence-corrected chi connectivity index (χ1v) is 7.86. The molecule has 1 unspecified atom stereocenters. The molecule has 2 heteroatoms. The van der Waals surface area contributed by atoms with Crippen molar-refractivity contribution in [3.63, 3.8) is 0 Å². The fourth-order valence-corrected chi connectivity index (χ4v) is 3.08. The van der Waals surface area contributed by atoms with E-state index >= 15 is 0 Å². The molecule has 112 valence electrons. The lowest BCUT2D eigenvalue weighted by molar-refractivity contribution is -0.00510. The van der Waals surface area contributed by atoms with Gasteiger partial charge in [-0.15, -0.1) is 0 Å². The molecule has 1 aliphatic carbocycles. The Morgan fingerprint density at radius 2 is 1.90 bits per heavy atom. The van der Waals surface area contributed by atoms with E-state index < -0.39 is 0 Å². The summed E-state index contributed by atoms with van der Waals surface area (Å²) in [5.74, 6) is 0. The number of hydrogen-bond acceptors (Lipinski definition) is 2. The van der Waals surface area contributed by atoms with Crippen molar-refractivity contribution in [3.8, 4) is 0 Å². The molecule has 0 spiro atoms. The SMILES string of the molecule is CNC(COC1CCC(C)(C)CC1)c1ccccc1C. The summed E-state index contributed by atoms with van der Waals surface area (Å²) in [6, 6.07) is 8.86. The van der Waals surface area contributed by atoms with E-state index in [0.717, 1.165) is 6.61 Å². The first-order chi connectivity index (χ1) is 9.52. The smallest absolute Gasteiger partial charge is 0.0665 e. The summed E-state index contributed by atoms with van der Waals surface area (Å²) in [7, 11) is 2.02. The van der Waals surface area contributed by atoms with Crippen LogP contribution in [-0.4, -0.2) is 19.8 Å². The molecule has 0 aliphatic heterocycles. The minimum atomic E-state index is 0.297. The number of ether oxygens (including phenoxy) is 1. The van der Waals surface area contributed by atoms with Crippen molar-refractivity contribution in [3.05, 3.63) is 35.4 Å². The molecule has 2 rings (SSSR count). The summed E-state index contributed by atoms with van der Waals surface area (Å²) in [5.41, 5.74) is 3.20. The molecule has 2 nitrogen and oxygen atoms in total. The van der Waals surface area contributed by atoms with Crippen molar-refractivity contribution < 1.29 is 4.74 Å². The summed E-state index contributed by atoms with van der Waals surface area (Å²) in [6.45, 7) is 7.68. The minimum Gasteiger partial charge on any atom is -0.376 e. The molecular weight excluding hydrogens is 246 g/mol. The summed E-state index contributed by atoms with van der Waals surface area (Å²) < 4.78 is 6.18. The number of likely N-dealkylation sites (N-methyl/N-ethyl adjacent to an activating group) is 1. The predicted octanol–water partition coefficient (Wildman–Crippen LogP) is 4.24. The molecule has 1 aromatic rings. The molecule has 1 aromatic carbocycles. The Kier molecular flexibility index (Phi) is 5.22. The zero-order valence-corrected chi connectivity index (χ0v) is 13.4. The quantitative estimate of drug-likeness (QED) is 0.868. The van der Waals surface area contributed by atoms with Gasteiger partial charge in [-0.05, 0) is 56.2 Å². The Hall–Kier alpha value is -0.860. The molecule has 0 heterocycles. The molecule has 1 N–H and O–H groups in total. The van der Waals surface area contributed by atoms with Crippen LogP contribution in [0.5, 0.6) is 0 Å². The zero-order valence-electron chi connectivity index (χ0n) is 13.4. The van der Waals surface area contributed by atoms with Crippen LogP contribution in [0.4, 0.5) is 0 Å². The average molecular weight is 275 g/mol. The lowest BCUT2D eigenvalue weighted by atomic mass is 9.76. The Morgan fingerprint density at radius 1 is 1.25 bits per heavy atom. The molecule has 0 amide bonds. The third-order valence-electron chi connectivity index (χ3n) is 4.70. The standard InChI is InChI=1S/C18H29NO/c1-14-7-5-6-8-16(14)17(19-4)13-20-15-9-11-18(2,3)12-10-15/h5-8,15,17,19H,9-13H2,1-4H3. The van der Waals surface area contributed by atoms with Crippen LogP contribution >= 0.6 is 0 Å². The molecule has 1 saturated carbocycles. The Balaban J connectivity index is 1.88. The van der Waals surface area contributed by atoms with Crippen LogP contribution in [0.25, 0.3) is 0 Å². The summed E-state index contributed by atoms with van der Waals surface area (Å²) in [4.78, 5) is 0. The van der Waals surface area contributed by atoms with E-state index in [2.05, 4.69) is 50.4 Å². The monoisotopic (exact) mass is 275 g/mol. The summed E-state index contributed by atoms with van der Waals surface area (Å²) in [6.07, 6.45) is 5.43. The summed E-state index contributed by atoms with van der Waals surface area (Å²) in [5, 5.41) is 3.39. The third kappa shape index (κ3) is 4.07. The Morgan fingerprint density at radius 3 is 2.50 bits per heavy atom. The van der Waals surface area contributed by atoms with E-state index in [-0.39, 0.29) is 0 Å². The van der Waals surface area contributed by atoms with Gasteiger partial charge in [0.25, 0.3) is 0 Å². The van der Waals surface area contributed by atoms with Crippen LogP contribution in [0.3, 0.4) is 0 Å². The normalized spacial score (nSPS) is 20.8. The van der Waals surface area contributed by atoms with Crippen molar-refractivity contribution in [2.24, 2.45) is 5.41 Å². The molecule has 0 saturated heterocycles. The lowest BCUT2D eigenvalue weighted by Gasteiger charge is -2.34. The number of benzene rings is 1. The minimum absolute atomic E-state index is 0.297. The maximum absolute atomic E-state index is 6.18. The number of aryl methyl sites for hydroxylation is 1. The molecule has 1 aliphatic rings. The van der Waals surface area contributed by atoms with E-state index in [1.165, 1.54) is 36.8 Å². The maximum atomic E-state index is 6.18. The van der Waals surface area contributed by atoms with Crippen LogP contribution in [0.1, 0.15) is 56.7 Å². The Bertz CT molecular complexity index is 417. The van der Waals surface area contributed by atoms with Crippen molar-refractivity contribution >= 4 is 0 Å². The van der Waals surface area contributed by atoms with Gasteiger partial charge >= 0.3 is 0 Å². The maximum Gasteiger partial charge on any atom is 0.0665 e. The largest absolute Gasteiger partial charge is 0.376 e. The molecule has 0 aromatic heterocycles. The van der Waals surface area contributed by atoms with Gasteiger partial charge in [-0.3, -0.25) is 0 Å². The molecule has 0 bridgehead atoms. The van der Waals surface area contributed by atoms with Crippen LogP contribution in [0.2, 0.25) is 0 Å². The van der Waals surface area contributed by atoms with Gasteiger partial charge in [0.2, 0.25) is 0 Å². The van der Waals surface area contributed by atoms with Gasteiger partial charge in [0.05, 0.1) is 18.8 Å². The van der Waals surface area contributed by atoms with Gasteiger partial charge in [0, 0.05) is 0 Å². The van der Waals surface area contributed by atoms with Crippen LogP contribution in [0.15, 0.2) is 24.3 Å². The molecule has 1 atom stereocenters. The first-order valence-electron chi connectivity index (χ1n) is 7.86. The van der Waals surface area contributed by atoms with Crippen molar-refractivity contribution in [2.45, 2.75) is 58.6 Å². The van der Waals surface area contributed by atoms with Crippen molar-refractivity contribution in [1.29, 1.82) is 0 Å². The lowest BCUT2D eigenvalue weighted by Crippen LogP contribution is -2.30. The topological polar surface area (TPSA) is 21.3 Å². The van der Waals surface area contributed by atoms with Crippen LogP contribution < -0.4 is 5.32 Å². The number of nitrogens with one attached hydrogen (secondary N) is 1. The highest BCUT2D eigenvalue weighted by Crippen LogP contribution is 2.36. The second-order valence-electron chi connectivity index (χ2n) is 6.89. The highest BCUT2D eigenvalue weighted by Gasteiger charge is 2.27. The number of rotatable bonds is 5. The van der Waals surface area contributed by atoms with Gasteiger partial charge < -0.3 is 10.1 Å². The van der Waals surface area contributed by atoms with Crippen LogP contribution in [0, 0.1) is 12.3 Å². The van der Waals surface area contributed by atoms with Gasteiger partial charge in [0.1, 0.15) is 0 Å². The highest BCUT2D eigenvalue weighted by molar-refractivity contribution is 5.28. The van der Waals surface area contributed by atoms with E-state index in [4.69, 9.17) is 4.74 Å². The molecule has 0 radical (unpaired) electrons. The van der Waals surface area contributed by atoms with Gasteiger partial charge in [-0.25, -0.2) is 0 Å². The van der Waals surface area contributed by atoms with E-state index in [1.54, 1.807) is 0 Å². The second kappa shape index (κ2) is 6.73. The number of hydrogen-bond donors (Lipinski definition) is 1. The van der Waals surface area contributed by atoms with Crippen molar-refractivity contribution in [1.82, 2.24) is 5.32 Å². The predicted molar refractivity (Wildman–Crippen MR) is 85.0 cm³/mol. The van der Waals surface area contributed by atoms with Crippen molar-refractivity contribution in [2.75, 3.05) is 13.7 Å². The zero-order chi connectivity index (χ0) is 14.6. The Labute approximate surface area is 123 Å². The van der Waals surface area contributed by atoms with Gasteiger partial charge in [-0.1, -0.05) is 38.1 Å². The second-order valence-corrected chi connectivity index (χ2v) is 6.89. The fourth-order valence-electron chi connectivity index (χ4n) is 3.08. The molecule has 1 fully saturated rings. The average Bonchev–Trinajstić information content (AvgIpc) is 2.43. The van der Waals surface area contributed by atoms with E-state index in [9.17, 15) is 0 Å². The van der Waals surface area contributed by atoms with E-state index in [1.807, 2.05) is 7.05 Å². The molecule has 20 heavy (non-hydrogen) atoms. The summed E-state index contributed by atoms with van der Waals surface area (Å²) >= 11 is 0. The molecular formula is C18H29NO. The van der Waals surface area contributed by atoms with E-state index in [0.29, 0.717) is 17.6 Å². The highest BCUT2D eigenvalue weighted by atomic mass is 16.5. The van der Waals surface area contributed by atoms with Gasteiger partial charge in [-0.2, -0.15) is 0 Å². The third-order valence-corrected chi connectivity index (χ3v) is 4.70.